The molecular weight excluding hydrogens is 590 g/mol. The van der Waals surface area contributed by atoms with Crippen molar-refractivity contribution in [2.75, 3.05) is 23.3 Å². The third kappa shape index (κ3) is 5.88. The number of pyridine rings is 1. The lowest BCUT2D eigenvalue weighted by molar-refractivity contribution is 0.0653. The highest BCUT2D eigenvalue weighted by molar-refractivity contribution is 6.03. The number of hydrogen-bond donors (Lipinski definition) is 2. The summed E-state index contributed by atoms with van der Waals surface area (Å²) in [6, 6.07) is 15.7. The molecule has 1 aliphatic heterocycles. The molecule has 13 heteroatoms. The van der Waals surface area contributed by atoms with Crippen LogP contribution in [0.25, 0.3) is 22.6 Å². The highest BCUT2D eigenvalue weighted by Gasteiger charge is 2.43. The molecule has 46 heavy (non-hydrogen) atoms. The second-order valence-electron chi connectivity index (χ2n) is 11.6. The topological polar surface area (TPSA) is 176 Å². The number of aryl methyl sites for hydroxylation is 1. The van der Waals surface area contributed by atoms with E-state index in [9.17, 15) is 19.6 Å². The van der Waals surface area contributed by atoms with E-state index in [1.54, 1.807) is 56.3 Å². The van der Waals surface area contributed by atoms with E-state index in [0.29, 0.717) is 50.7 Å². The highest BCUT2D eigenvalue weighted by Crippen LogP contribution is 2.32. The Morgan fingerprint density at radius 1 is 1.11 bits per heavy atom. The second kappa shape index (κ2) is 11.8. The van der Waals surface area contributed by atoms with Gasteiger partial charge in [0.1, 0.15) is 16.9 Å². The quantitative estimate of drug-likeness (QED) is 0.223. The molecule has 2 aromatic carbocycles. The maximum Gasteiger partial charge on any atom is 0.416 e. The molecular formula is C33H29N7O6. The minimum Gasteiger partial charge on any atom is -0.439 e. The highest BCUT2D eigenvalue weighted by atomic mass is 16.6. The first-order valence-electron chi connectivity index (χ1n) is 14.5. The summed E-state index contributed by atoms with van der Waals surface area (Å²) in [4.78, 5) is 48.3. The predicted molar refractivity (Wildman–Crippen MR) is 166 cm³/mol. The van der Waals surface area contributed by atoms with E-state index in [1.165, 1.54) is 17.3 Å². The number of carbonyl (C=O) groups excluding carboxylic acids is 3. The van der Waals surface area contributed by atoms with Crippen LogP contribution in [0.5, 0.6) is 0 Å². The second-order valence-corrected chi connectivity index (χ2v) is 11.6. The number of hydrogen-bond acceptors (Lipinski definition) is 10. The smallest absolute Gasteiger partial charge is 0.416 e. The third-order valence-corrected chi connectivity index (χ3v) is 7.57. The Balaban J connectivity index is 1.08. The summed E-state index contributed by atoms with van der Waals surface area (Å²) in [5, 5.41) is 18.5. The number of anilines is 2. The molecule has 232 valence electrons. The van der Waals surface area contributed by atoms with E-state index in [1.807, 2.05) is 19.9 Å². The van der Waals surface area contributed by atoms with Gasteiger partial charge in [-0.15, -0.1) is 0 Å². The molecule has 1 aliphatic rings. The minimum absolute atomic E-state index is 0.0604. The van der Waals surface area contributed by atoms with Crippen LogP contribution in [0.2, 0.25) is 0 Å². The van der Waals surface area contributed by atoms with Gasteiger partial charge in [-0.2, -0.15) is 5.26 Å². The van der Waals surface area contributed by atoms with Crippen LogP contribution in [-0.2, 0) is 4.74 Å². The van der Waals surface area contributed by atoms with Crippen LogP contribution >= 0.6 is 0 Å². The standard InChI is InChI=1S/C33H29N7O6/c1-18(2)24-11-20(13-34)12-25-28(24)44-31(39-25)22-7-5-21(6-8-22)29(41)36-16-33(4)17-40(32(43)45-33)26-10-9-23(15-35-26)38-30(42)27-19(3)14-37-46-27/h5-12,14-15,18H,16-17H2,1-4H3,(H,36,41)(H,38,42). The van der Waals surface area contributed by atoms with Crippen LogP contribution in [0.1, 0.15) is 64.3 Å². The van der Waals surface area contributed by atoms with Crippen molar-refractivity contribution >= 4 is 40.5 Å². The average molecular weight is 620 g/mol. The Kier molecular flexibility index (Phi) is 7.71. The fourth-order valence-corrected chi connectivity index (χ4v) is 5.09. The zero-order chi connectivity index (χ0) is 32.6. The fourth-order valence-electron chi connectivity index (χ4n) is 5.09. The SMILES string of the molecule is Cc1cnoc1C(=O)Nc1ccc(N2CC(C)(CNC(=O)c3ccc(-c4nc5cc(C#N)cc(C(C)C)c5o4)cc3)OC2=O)nc1. The van der Waals surface area contributed by atoms with Crippen molar-refractivity contribution in [3.05, 3.63) is 88.9 Å². The van der Waals surface area contributed by atoms with Crippen molar-refractivity contribution in [1.82, 2.24) is 20.4 Å². The number of cyclic esters (lactones) is 1. The number of nitrogens with zero attached hydrogens (tertiary/aromatic N) is 5. The van der Waals surface area contributed by atoms with Crippen LogP contribution in [-0.4, -0.2) is 51.7 Å². The van der Waals surface area contributed by atoms with Crippen molar-refractivity contribution in [3.8, 4) is 17.5 Å². The van der Waals surface area contributed by atoms with Crippen LogP contribution < -0.4 is 15.5 Å². The molecule has 5 aromatic rings. The summed E-state index contributed by atoms with van der Waals surface area (Å²) in [7, 11) is 0. The van der Waals surface area contributed by atoms with Gasteiger partial charge in [-0.3, -0.25) is 14.5 Å². The lowest BCUT2D eigenvalue weighted by atomic mass is 10.00. The van der Waals surface area contributed by atoms with Crippen LogP contribution in [0.4, 0.5) is 16.3 Å². The van der Waals surface area contributed by atoms with Crippen molar-refractivity contribution in [2.24, 2.45) is 0 Å². The Hall–Kier alpha value is -6.03. The number of ether oxygens (including phenoxy) is 1. The molecule has 1 unspecified atom stereocenters. The summed E-state index contributed by atoms with van der Waals surface area (Å²) in [5.74, 6) is 0.139. The van der Waals surface area contributed by atoms with Crippen LogP contribution in [0, 0.1) is 18.3 Å². The fraction of sp³-hybridized carbons (Fsp3) is 0.242. The number of fused-ring (bicyclic) bond motifs is 1. The molecule has 0 saturated carbocycles. The lowest BCUT2D eigenvalue weighted by Gasteiger charge is -2.22. The molecule has 4 heterocycles. The van der Waals surface area contributed by atoms with Gasteiger partial charge in [0.25, 0.3) is 11.8 Å². The van der Waals surface area contributed by atoms with Gasteiger partial charge in [-0.1, -0.05) is 19.0 Å². The zero-order valence-corrected chi connectivity index (χ0v) is 25.5. The largest absolute Gasteiger partial charge is 0.439 e. The Bertz CT molecular complexity index is 2010. The Morgan fingerprint density at radius 2 is 1.89 bits per heavy atom. The number of nitriles is 1. The summed E-state index contributed by atoms with van der Waals surface area (Å²) in [5.41, 5.74) is 3.72. The molecule has 3 aromatic heterocycles. The predicted octanol–water partition coefficient (Wildman–Crippen LogP) is 5.58. The van der Waals surface area contributed by atoms with E-state index in [-0.39, 0.29) is 30.7 Å². The first kappa shape index (κ1) is 30.0. The minimum atomic E-state index is -1.01. The van der Waals surface area contributed by atoms with Gasteiger partial charge >= 0.3 is 6.09 Å². The van der Waals surface area contributed by atoms with Gasteiger partial charge < -0.3 is 24.3 Å². The molecule has 0 aliphatic carbocycles. The molecule has 1 fully saturated rings. The van der Waals surface area contributed by atoms with Gasteiger partial charge in [0.15, 0.2) is 5.58 Å². The number of aromatic nitrogens is 3. The maximum absolute atomic E-state index is 13.0. The molecule has 0 spiro atoms. The van der Waals surface area contributed by atoms with Crippen molar-refractivity contribution in [3.63, 3.8) is 0 Å². The Morgan fingerprint density at radius 3 is 2.54 bits per heavy atom. The summed E-state index contributed by atoms with van der Waals surface area (Å²) in [6.07, 6.45) is 2.26. The summed E-state index contributed by atoms with van der Waals surface area (Å²) >= 11 is 0. The van der Waals surface area contributed by atoms with E-state index in [0.717, 1.165) is 5.56 Å². The number of nitrogens with one attached hydrogen (secondary N) is 2. The first-order chi connectivity index (χ1) is 22.0. The number of benzene rings is 2. The first-order valence-corrected chi connectivity index (χ1v) is 14.5. The summed E-state index contributed by atoms with van der Waals surface area (Å²) in [6.45, 7) is 7.68. The molecule has 0 radical (unpaired) electrons. The molecule has 1 saturated heterocycles. The third-order valence-electron chi connectivity index (χ3n) is 7.57. The van der Waals surface area contributed by atoms with E-state index in [2.05, 4.69) is 31.8 Å². The van der Waals surface area contributed by atoms with Crippen molar-refractivity contribution in [1.29, 1.82) is 5.26 Å². The Labute approximate surface area is 263 Å². The van der Waals surface area contributed by atoms with Gasteiger partial charge in [0, 0.05) is 22.3 Å². The van der Waals surface area contributed by atoms with Crippen molar-refractivity contribution in [2.45, 2.75) is 39.2 Å². The van der Waals surface area contributed by atoms with Gasteiger partial charge in [-0.25, -0.2) is 14.8 Å². The molecule has 6 rings (SSSR count). The number of carbonyl (C=O) groups is 3. The normalized spacial score (nSPS) is 16.0. The molecule has 2 N–H and O–H groups in total. The molecule has 1 atom stereocenters. The number of rotatable bonds is 8. The van der Waals surface area contributed by atoms with Crippen molar-refractivity contribution < 1.29 is 28.1 Å². The molecule has 13 nitrogen and oxygen atoms in total. The van der Waals surface area contributed by atoms with Crippen LogP contribution in [0.15, 0.2) is 69.9 Å². The average Bonchev–Trinajstić information content (AvgIpc) is 3.76. The zero-order valence-electron chi connectivity index (χ0n) is 25.5. The van der Waals surface area contributed by atoms with Crippen LogP contribution in [0.3, 0.4) is 0 Å². The van der Waals surface area contributed by atoms with Gasteiger partial charge in [0.2, 0.25) is 11.7 Å². The van der Waals surface area contributed by atoms with E-state index in [4.69, 9.17) is 13.7 Å². The maximum atomic E-state index is 13.0. The molecule has 3 amide bonds. The van der Waals surface area contributed by atoms with Gasteiger partial charge in [-0.05, 0) is 68.3 Å². The van der Waals surface area contributed by atoms with E-state index >= 15 is 0 Å². The summed E-state index contributed by atoms with van der Waals surface area (Å²) < 4.78 is 16.6. The van der Waals surface area contributed by atoms with E-state index < -0.39 is 17.6 Å². The van der Waals surface area contributed by atoms with Gasteiger partial charge in [0.05, 0.1) is 42.8 Å². The number of amides is 3. The monoisotopic (exact) mass is 619 g/mol. The molecule has 0 bridgehead atoms. The number of oxazole rings is 1. The lowest BCUT2D eigenvalue weighted by Crippen LogP contribution is -2.43.